The molecule has 0 bridgehead atoms. The fourth-order valence-electron chi connectivity index (χ4n) is 3.58. The standard InChI is InChI=1S/C17H22F3NO4S/c1-24-13-3-4-14(11-13)26(22,23)16-5-2-12(10-15(16)17(18,19)20)21-6-8-25-9-7-21/h2,5,10,13-14H,3-4,6-9,11H2,1H3. The molecule has 2 unspecified atom stereocenters. The van der Waals surface area contributed by atoms with Gasteiger partial charge in [0, 0.05) is 25.9 Å². The van der Waals surface area contributed by atoms with Crippen molar-refractivity contribution in [1.82, 2.24) is 0 Å². The number of hydrogen-bond donors (Lipinski definition) is 0. The van der Waals surface area contributed by atoms with Gasteiger partial charge < -0.3 is 14.4 Å². The molecule has 1 aromatic rings. The molecule has 1 heterocycles. The number of hydrogen-bond acceptors (Lipinski definition) is 5. The molecule has 1 aliphatic carbocycles. The summed E-state index contributed by atoms with van der Waals surface area (Å²) >= 11 is 0. The maximum atomic E-state index is 13.6. The van der Waals surface area contributed by atoms with Gasteiger partial charge >= 0.3 is 6.18 Å². The lowest BCUT2D eigenvalue weighted by Crippen LogP contribution is -2.36. The van der Waals surface area contributed by atoms with Crippen LogP contribution in [0.1, 0.15) is 24.8 Å². The van der Waals surface area contributed by atoms with Crippen LogP contribution in [0.15, 0.2) is 23.1 Å². The van der Waals surface area contributed by atoms with Crippen LogP contribution in [-0.4, -0.2) is 53.2 Å². The minimum atomic E-state index is -4.75. The lowest BCUT2D eigenvalue weighted by Gasteiger charge is -2.30. The van der Waals surface area contributed by atoms with Crippen LogP contribution in [0, 0.1) is 0 Å². The summed E-state index contributed by atoms with van der Waals surface area (Å²) in [5.41, 5.74) is -0.733. The molecule has 0 radical (unpaired) electrons. The highest BCUT2D eigenvalue weighted by Crippen LogP contribution is 2.40. The molecule has 3 rings (SSSR count). The third-order valence-electron chi connectivity index (χ3n) is 5.06. The lowest BCUT2D eigenvalue weighted by atomic mass is 10.1. The van der Waals surface area contributed by atoms with Crippen molar-refractivity contribution in [2.45, 2.75) is 41.7 Å². The smallest absolute Gasteiger partial charge is 0.381 e. The Kier molecular flexibility index (Phi) is 5.50. The van der Waals surface area contributed by atoms with E-state index in [1.807, 2.05) is 0 Å². The Morgan fingerprint density at radius 2 is 1.88 bits per heavy atom. The van der Waals surface area contributed by atoms with Crippen LogP contribution in [0.25, 0.3) is 0 Å². The Bertz CT molecular complexity index is 745. The largest absolute Gasteiger partial charge is 0.417 e. The number of halogens is 3. The lowest BCUT2D eigenvalue weighted by molar-refractivity contribution is -0.139. The van der Waals surface area contributed by atoms with Gasteiger partial charge in [0.15, 0.2) is 9.84 Å². The molecular formula is C17H22F3NO4S. The number of rotatable bonds is 4. The van der Waals surface area contributed by atoms with E-state index in [1.165, 1.54) is 13.2 Å². The molecule has 2 fully saturated rings. The second kappa shape index (κ2) is 7.36. The fourth-order valence-corrected chi connectivity index (χ4v) is 5.59. The van der Waals surface area contributed by atoms with Crippen molar-refractivity contribution in [3.05, 3.63) is 23.8 Å². The van der Waals surface area contributed by atoms with E-state index in [1.54, 1.807) is 4.90 Å². The molecule has 1 aromatic carbocycles. The van der Waals surface area contributed by atoms with Crippen LogP contribution in [0.4, 0.5) is 18.9 Å². The van der Waals surface area contributed by atoms with E-state index in [2.05, 4.69) is 0 Å². The normalized spacial score (nSPS) is 24.8. The maximum absolute atomic E-state index is 13.6. The summed E-state index contributed by atoms with van der Waals surface area (Å²) < 4.78 is 77.0. The SMILES string of the molecule is COC1CCC(S(=O)(=O)c2ccc(N3CCOCC3)cc2C(F)(F)F)C1. The van der Waals surface area contributed by atoms with Crippen LogP contribution in [0.5, 0.6) is 0 Å². The Hall–Kier alpha value is -1.32. The van der Waals surface area contributed by atoms with Crippen molar-refractivity contribution in [2.24, 2.45) is 0 Å². The van der Waals surface area contributed by atoms with Crippen molar-refractivity contribution in [3.8, 4) is 0 Å². The first-order valence-electron chi connectivity index (χ1n) is 8.54. The minimum absolute atomic E-state index is 0.224. The first-order valence-corrected chi connectivity index (χ1v) is 10.1. The van der Waals surface area contributed by atoms with E-state index in [0.29, 0.717) is 44.8 Å². The summed E-state index contributed by atoms with van der Waals surface area (Å²) in [6.45, 7) is 1.81. The molecule has 26 heavy (non-hydrogen) atoms. The minimum Gasteiger partial charge on any atom is -0.381 e. The van der Waals surface area contributed by atoms with E-state index in [4.69, 9.17) is 9.47 Å². The van der Waals surface area contributed by atoms with E-state index in [0.717, 1.165) is 12.1 Å². The summed E-state index contributed by atoms with van der Waals surface area (Å²) in [4.78, 5) is 1.13. The zero-order valence-corrected chi connectivity index (χ0v) is 15.3. The van der Waals surface area contributed by atoms with Gasteiger partial charge in [-0.1, -0.05) is 0 Å². The number of methoxy groups -OCH3 is 1. The highest BCUT2D eigenvalue weighted by molar-refractivity contribution is 7.92. The highest BCUT2D eigenvalue weighted by atomic mass is 32.2. The number of nitrogens with zero attached hydrogens (tertiary/aromatic N) is 1. The second-order valence-electron chi connectivity index (χ2n) is 6.62. The van der Waals surface area contributed by atoms with E-state index in [9.17, 15) is 21.6 Å². The van der Waals surface area contributed by atoms with E-state index in [-0.39, 0.29) is 12.5 Å². The quantitative estimate of drug-likeness (QED) is 0.787. The van der Waals surface area contributed by atoms with Gasteiger partial charge in [-0.3, -0.25) is 0 Å². The second-order valence-corrected chi connectivity index (χ2v) is 8.81. The molecule has 1 saturated carbocycles. The summed E-state index contributed by atoms with van der Waals surface area (Å²) in [5.74, 6) is 0. The molecule has 9 heteroatoms. The fraction of sp³-hybridized carbons (Fsp3) is 0.647. The molecular weight excluding hydrogens is 371 g/mol. The van der Waals surface area contributed by atoms with Crippen molar-refractivity contribution in [1.29, 1.82) is 0 Å². The van der Waals surface area contributed by atoms with Gasteiger partial charge in [0.05, 0.1) is 35.0 Å². The summed E-state index contributed by atoms with van der Waals surface area (Å²) in [5, 5.41) is -0.845. The monoisotopic (exact) mass is 393 g/mol. The van der Waals surface area contributed by atoms with Gasteiger partial charge in [-0.15, -0.1) is 0 Å². The van der Waals surface area contributed by atoms with Crippen LogP contribution in [-0.2, 0) is 25.5 Å². The van der Waals surface area contributed by atoms with E-state index >= 15 is 0 Å². The molecule has 0 aromatic heterocycles. The average Bonchev–Trinajstić information content (AvgIpc) is 3.11. The number of alkyl halides is 3. The molecule has 1 aliphatic heterocycles. The predicted octanol–water partition coefficient (Wildman–Crippen LogP) is 2.88. The number of ether oxygens (including phenoxy) is 2. The summed E-state index contributed by atoms with van der Waals surface area (Å²) in [6, 6.07) is 3.50. The van der Waals surface area contributed by atoms with Crippen molar-refractivity contribution >= 4 is 15.5 Å². The summed E-state index contributed by atoms with van der Waals surface area (Å²) in [7, 11) is -2.60. The van der Waals surface area contributed by atoms with Gasteiger partial charge in [0.2, 0.25) is 0 Å². The third kappa shape index (κ3) is 3.84. The van der Waals surface area contributed by atoms with Crippen LogP contribution in [0.2, 0.25) is 0 Å². The van der Waals surface area contributed by atoms with Crippen LogP contribution in [0.3, 0.4) is 0 Å². The molecule has 146 valence electrons. The number of morpholine rings is 1. The zero-order valence-electron chi connectivity index (χ0n) is 14.5. The molecule has 2 atom stereocenters. The van der Waals surface area contributed by atoms with Gasteiger partial charge in [-0.05, 0) is 37.5 Å². The van der Waals surface area contributed by atoms with Gasteiger partial charge in [0.25, 0.3) is 0 Å². The van der Waals surface area contributed by atoms with Crippen molar-refractivity contribution in [3.63, 3.8) is 0 Å². The Labute approximate surface area is 151 Å². The average molecular weight is 393 g/mol. The van der Waals surface area contributed by atoms with Gasteiger partial charge in [-0.25, -0.2) is 8.42 Å². The molecule has 0 N–H and O–H groups in total. The Balaban J connectivity index is 1.98. The van der Waals surface area contributed by atoms with Crippen molar-refractivity contribution in [2.75, 3.05) is 38.3 Å². The topological polar surface area (TPSA) is 55.8 Å². The van der Waals surface area contributed by atoms with Crippen LogP contribution >= 0.6 is 0 Å². The zero-order chi connectivity index (χ0) is 18.9. The van der Waals surface area contributed by atoms with Crippen LogP contribution < -0.4 is 4.90 Å². The Morgan fingerprint density at radius 3 is 2.46 bits per heavy atom. The molecule has 5 nitrogen and oxygen atoms in total. The first kappa shape index (κ1) is 19.4. The number of sulfone groups is 1. The summed E-state index contributed by atoms with van der Waals surface area (Å²) in [6.07, 6.45) is -3.90. The maximum Gasteiger partial charge on any atom is 0.417 e. The molecule has 0 spiro atoms. The molecule has 0 amide bonds. The number of benzene rings is 1. The van der Waals surface area contributed by atoms with Gasteiger partial charge in [-0.2, -0.15) is 13.2 Å². The molecule has 2 aliphatic rings. The first-order chi connectivity index (χ1) is 12.2. The predicted molar refractivity (Wildman–Crippen MR) is 90.1 cm³/mol. The molecule has 1 saturated heterocycles. The van der Waals surface area contributed by atoms with Gasteiger partial charge in [0.1, 0.15) is 0 Å². The van der Waals surface area contributed by atoms with Crippen molar-refractivity contribution < 1.29 is 31.1 Å². The highest BCUT2D eigenvalue weighted by Gasteiger charge is 2.42. The third-order valence-corrected chi connectivity index (χ3v) is 7.33. The number of anilines is 1. The Morgan fingerprint density at radius 1 is 1.19 bits per heavy atom. The van der Waals surface area contributed by atoms with E-state index < -0.39 is 31.7 Å².